The normalized spacial score (nSPS) is 10.7. The van der Waals surface area contributed by atoms with Crippen LogP contribution in [0.25, 0.3) is 0 Å². The molecule has 0 unspecified atom stereocenters. The Balaban J connectivity index is 1.69. The van der Waals surface area contributed by atoms with Crippen molar-refractivity contribution in [1.82, 2.24) is 4.57 Å². The predicted molar refractivity (Wildman–Crippen MR) is 100 cm³/mol. The van der Waals surface area contributed by atoms with Gasteiger partial charge in [0.15, 0.2) is 6.61 Å². The molecule has 2 aromatic heterocycles. The minimum absolute atomic E-state index is 0.229. The van der Waals surface area contributed by atoms with Crippen molar-refractivity contribution in [2.24, 2.45) is 0 Å². The average Bonchev–Trinajstić information content (AvgIpc) is 3.23. The molecule has 0 fully saturated rings. The largest absolute Gasteiger partial charge is 0.467 e. The second kappa shape index (κ2) is 7.74. The van der Waals surface area contributed by atoms with Crippen LogP contribution in [0.15, 0.2) is 57.6 Å². The van der Waals surface area contributed by atoms with Crippen molar-refractivity contribution < 1.29 is 18.7 Å². The maximum Gasteiger partial charge on any atom is 0.338 e. The second-order valence-corrected chi connectivity index (χ2v) is 6.88. The number of carbonyl (C=O) groups is 2. The third kappa shape index (κ3) is 3.96. The van der Waals surface area contributed by atoms with Crippen LogP contribution in [0.4, 0.5) is 0 Å². The van der Waals surface area contributed by atoms with E-state index in [2.05, 4.69) is 15.9 Å². The summed E-state index contributed by atoms with van der Waals surface area (Å²) in [5.41, 5.74) is 2.72. The van der Waals surface area contributed by atoms with Gasteiger partial charge in [0.2, 0.25) is 5.78 Å². The summed E-state index contributed by atoms with van der Waals surface area (Å²) in [6.07, 6.45) is 1.62. The summed E-state index contributed by atoms with van der Waals surface area (Å²) in [6.45, 7) is 4.06. The van der Waals surface area contributed by atoms with Crippen LogP contribution < -0.4 is 0 Å². The van der Waals surface area contributed by atoms with Gasteiger partial charge in [-0.05, 0) is 50.2 Å². The lowest BCUT2D eigenvalue weighted by atomic mass is 10.1. The third-order valence-electron chi connectivity index (χ3n) is 4.16. The number of aromatic nitrogens is 1. The fraction of sp³-hybridized carbons (Fsp3) is 0.200. The van der Waals surface area contributed by atoms with Crippen molar-refractivity contribution in [2.45, 2.75) is 20.4 Å². The highest BCUT2D eigenvalue weighted by atomic mass is 79.9. The zero-order chi connectivity index (χ0) is 18.7. The molecule has 0 spiro atoms. The van der Waals surface area contributed by atoms with Gasteiger partial charge in [-0.3, -0.25) is 4.79 Å². The molecule has 0 amide bonds. The number of rotatable bonds is 6. The maximum atomic E-state index is 12.5. The SMILES string of the molecule is Cc1cc(C(=O)COC(=O)c2cccc(Br)c2)c(C)n1Cc1ccco1. The fourth-order valence-corrected chi connectivity index (χ4v) is 3.19. The standard InChI is InChI=1S/C20H18BrNO4/c1-13-9-18(14(2)22(13)11-17-7-4-8-25-17)19(23)12-26-20(24)15-5-3-6-16(21)10-15/h3-10H,11-12H2,1-2H3. The molecule has 26 heavy (non-hydrogen) atoms. The Bertz CT molecular complexity index is 941. The van der Waals surface area contributed by atoms with E-state index in [4.69, 9.17) is 9.15 Å². The molecule has 0 N–H and O–H groups in total. The molecule has 0 saturated carbocycles. The van der Waals surface area contributed by atoms with Gasteiger partial charge in [0.05, 0.1) is 18.4 Å². The molecule has 0 radical (unpaired) electrons. The van der Waals surface area contributed by atoms with Gasteiger partial charge in [-0.15, -0.1) is 0 Å². The fourth-order valence-electron chi connectivity index (χ4n) is 2.79. The lowest BCUT2D eigenvalue weighted by molar-refractivity contribution is 0.0474. The van der Waals surface area contributed by atoms with Crippen LogP contribution in [-0.2, 0) is 11.3 Å². The summed E-state index contributed by atoms with van der Waals surface area (Å²) in [5, 5.41) is 0. The highest BCUT2D eigenvalue weighted by molar-refractivity contribution is 9.10. The van der Waals surface area contributed by atoms with Gasteiger partial charge in [0, 0.05) is 21.4 Å². The summed E-state index contributed by atoms with van der Waals surface area (Å²) in [7, 11) is 0. The van der Waals surface area contributed by atoms with Crippen molar-refractivity contribution in [3.05, 3.63) is 81.5 Å². The van der Waals surface area contributed by atoms with Crippen molar-refractivity contribution >= 4 is 27.7 Å². The molecule has 0 aliphatic rings. The molecular formula is C20H18BrNO4. The number of carbonyl (C=O) groups excluding carboxylic acids is 2. The number of Topliss-reactive ketones (excluding diaryl/α,β-unsaturated/α-hetero) is 1. The lowest BCUT2D eigenvalue weighted by Gasteiger charge is -2.08. The molecule has 134 valence electrons. The molecule has 6 heteroatoms. The summed E-state index contributed by atoms with van der Waals surface area (Å²) >= 11 is 3.31. The van der Waals surface area contributed by atoms with Crippen LogP contribution >= 0.6 is 15.9 Å². The molecule has 2 heterocycles. The third-order valence-corrected chi connectivity index (χ3v) is 4.66. The Hall–Kier alpha value is -2.60. The molecule has 0 saturated heterocycles. The highest BCUT2D eigenvalue weighted by Crippen LogP contribution is 2.19. The van der Waals surface area contributed by atoms with E-state index in [9.17, 15) is 9.59 Å². The van der Waals surface area contributed by atoms with E-state index in [1.54, 1.807) is 24.5 Å². The minimum Gasteiger partial charge on any atom is -0.467 e. The number of ketones is 1. The van der Waals surface area contributed by atoms with E-state index >= 15 is 0 Å². The van der Waals surface area contributed by atoms with E-state index < -0.39 is 5.97 Å². The predicted octanol–water partition coefficient (Wildman–Crippen LogP) is 4.55. The zero-order valence-electron chi connectivity index (χ0n) is 14.5. The van der Waals surface area contributed by atoms with E-state index in [1.165, 1.54) is 0 Å². The molecule has 0 bridgehead atoms. The lowest BCUT2D eigenvalue weighted by Crippen LogP contribution is -2.15. The molecule has 0 atom stereocenters. The first-order valence-corrected chi connectivity index (χ1v) is 8.90. The van der Waals surface area contributed by atoms with Crippen LogP contribution in [0.5, 0.6) is 0 Å². The molecule has 0 aliphatic carbocycles. The monoisotopic (exact) mass is 415 g/mol. The average molecular weight is 416 g/mol. The number of hydrogen-bond acceptors (Lipinski definition) is 4. The Labute approximate surface area is 159 Å². The van der Waals surface area contributed by atoms with E-state index in [1.807, 2.05) is 42.7 Å². The Morgan fingerprint density at radius 1 is 1.15 bits per heavy atom. The Morgan fingerprint density at radius 2 is 1.96 bits per heavy atom. The first kappa shape index (κ1) is 18.2. The van der Waals surface area contributed by atoms with Gasteiger partial charge in [0.1, 0.15) is 5.76 Å². The molecule has 1 aromatic carbocycles. The number of halogens is 1. The van der Waals surface area contributed by atoms with E-state index in [-0.39, 0.29) is 12.4 Å². The van der Waals surface area contributed by atoms with Crippen molar-refractivity contribution in [3.8, 4) is 0 Å². The molecule has 5 nitrogen and oxygen atoms in total. The number of nitrogens with zero attached hydrogens (tertiary/aromatic N) is 1. The number of aryl methyl sites for hydroxylation is 1. The van der Waals surface area contributed by atoms with Gasteiger partial charge in [0.25, 0.3) is 0 Å². The van der Waals surface area contributed by atoms with E-state index in [0.717, 1.165) is 21.6 Å². The molecule has 0 aliphatic heterocycles. The number of ether oxygens (including phenoxy) is 1. The number of furan rings is 1. The molecule has 3 rings (SSSR count). The van der Waals surface area contributed by atoms with Gasteiger partial charge >= 0.3 is 5.97 Å². The summed E-state index contributed by atoms with van der Waals surface area (Å²) in [6, 6.07) is 12.4. The highest BCUT2D eigenvalue weighted by Gasteiger charge is 2.18. The second-order valence-electron chi connectivity index (χ2n) is 5.96. The van der Waals surface area contributed by atoms with Crippen molar-refractivity contribution in [1.29, 1.82) is 0 Å². The van der Waals surface area contributed by atoms with E-state index in [0.29, 0.717) is 17.7 Å². The molecule has 3 aromatic rings. The van der Waals surface area contributed by atoms with Crippen LogP contribution in [0.2, 0.25) is 0 Å². The zero-order valence-corrected chi connectivity index (χ0v) is 16.1. The Kier molecular flexibility index (Phi) is 5.42. The topological polar surface area (TPSA) is 61.4 Å². The quantitative estimate of drug-likeness (QED) is 0.437. The molecular weight excluding hydrogens is 398 g/mol. The number of esters is 1. The van der Waals surface area contributed by atoms with Crippen LogP contribution in [-0.4, -0.2) is 22.9 Å². The Morgan fingerprint density at radius 3 is 2.65 bits per heavy atom. The number of benzene rings is 1. The van der Waals surface area contributed by atoms with Gasteiger partial charge < -0.3 is 13.7 Å². The smallest absolute Gasteiger partial charge is 0.338 e. The number of hydrogen-bond donors (Lipinski definition) is 0. The first-order valence-electron chi connectivity index (χ1n) is 8.10. The maximum absolute atomic E-state index is 12.5. The van der Waals surface area contributed by atoms with Crippen LogP contribution in [0, 0.1) is 13.8 Å². The summed E-state index contributed by atoms with van der Waals surface area (Å²) in [5.74, 6) is 0.0584. The van der Waals surface area contributed by atoms with Crippen molar-refractivity contribution in [3.63, 3.8) is 0 Å². The summed E-state index contributed by atoms with van der Waals surface area (Å²) in [4.78, 5) is 24.6. The van der Waals surface area contributed by atoms with Crippen LogP contribution in [0.3, 0.4) is 0 Å². The first-order chi connectivity index (χ1) is 12.5. The summed E-state index contributed by atoms with van der Waals surface area (Å²) < 4.78 is 13.3. The van der Waals surface area contributed by atoms with Crippen molar-refractivity contribution in [2.75, 3.05) is 6.61 Å². The van der Waals surface area contributed by atoms with Gasteiger partial charge in [-0.2, -0.15) is 0 Å². The van der Waals surface area contributed by atoms with Gasteiger partial charge in [-0.25, -0.2) is 4.79 Å². The van der Waals surface area contributed by atoms with Gasteiger partial charge in [-0.1, -0.05) is 22.0 Å². The minimum atomic E-state index is -0.524. The van der Waals surface area contributed by atoms with Crippen LogP contribution in [0.1, 0.15) is 37.9 Å².